The van der Waals surface area contributed by atoms with Crippen LogP contribution in [0.15, 0.2) is 0 Å². The number of amides is 1. The van der Waals surface area contributed by atoms with Crippen LogP contribution in [0.3, 0.4) is 0 Å². The van der Waals surface area contributed by atoms with Crippen molar-refractivity contribution in [2.75, 3.05) is 6.54 Å². The van der Waals surface area contributed by atoms with E-state index >= 15 is 0 Å². The van der Waals surface area contributed by atoms with Crippen molar-refractivity contribution in [1.82, 2.24) is 5.32 Å². The van der Waals surface area contributed by atoms with Gasteiger partial charge in [0.2, 0.25) is 0 Å². The van der Waals surface area contributed by atoms with Crippen LogP contribution in [0.5, 0.6) is 0 Å². The monoisotopic (exact) mass is 224 g/mol. The van der Waals surface area contributed by atoms with Gasteiger partial charge in [-0.05, 0) is 46.5 Å². The highest BCUT2D eigenvalue weighted by Gasteiger charge is 2.42. The number of hydrogen-bond acceptors (Lipinski definition) is 3. The number of nitrogens with zero attached hydrogens (tertiary/aromatic N) is 1. The SMILES string of the molecule is CC(C)(C)OC(=O)NCC(C)(C#N)C1CC1. The van der Waals surface area contributed by atoms with Gasteiger partial charge < -0.3 is 10.1 Å². The number of nitrogens with one attached hydrogen (secondary N) is 1. The van der Waals surface area contributed by atoms with Crippen LogP contribution in [-0.4, -0.2) is 18.2 Å². The van der Waals surface area contributed by atoms with Gasteiger partial charge in [-0.2, -0.15) is 5.26 Å². The Balaban J connectivity index is 2.39. The summed E-state index contributed by atoms with van der Waals surface area (Å²) in [7, 11) is 0. The fourth-order valence-electron chi connectivity index (χ4n) is 1.57. The molecule has 0 aromatic carbocycles. The molecule has 1 aliphatic carbocycles. The Morgan fingerprint density at radius 3 is 2.38 bits per heavy atom. The molecule has 0 heterocycles. The van der Waals surface area contributed by atoms with Crippen molar-refractivity contribution in [2.24, 2.45) is 11.3 Å². The summed E-state index contributed by atoms with van der Waals surface area (Å²) in [6, 6.07) is 2.29. The topological polar surface area (TPSA) is 62.1 Å². The van der Waals surface area contributed by atoms with Crippen LogP contribution in [0.1, 0.15) is 40.5 Å². The highest BCUT2D eigenvalue weighted by Crippen LogP contribution is 2.44. The lowest BCUT2D eigenvalue weighted by molar-refractivity contribution is 0.0509. The van der Waals surface area contributed by atoms with Gasteiger partial charge in [0, 0.05) is 6.54 Å². The highest BCUT2D eigenvalue weighted by atomic mass is 16.6. The van der Waals surface area contributed by atoms with Gasteiger partial charge in [-0.1, -0.05) is 0 Å². The van der Waals surface area contributed by atoms with Gasteiger partial charge >= 0.3 is 6.09 Å². The molecule has 1 unspecified atom stereocenters. The second-order valence-electron chi connectivity index (χ2n) is 5.66. The molecule has 0 radical (unpaired) electrons. The number of rotatable bonds is 3. The third-order valence-electron chi connectivity index (χ3n) is 2.73. The molecule has 0 aromatic rings. The zero-order valence-corrected chi connectivity index (χ0v) is 10.5. The predicted molar refractivity (Wildman–Crippen MR) is 60.7 cm³/mol. The van der Waals surface area contributed by atoms with Gasteiger partial charge in [0.05, 0.1) is 11.5 Å². The molecule has 1 rings (SSSR count). The molecule has 4 nitrogen and oxygen atoms in total. The first-order chi connectivity index (χ1) is 7.27. The summed E-state index contributed by atoms with van der Waals surface area (Å²) >= 11 is 0. The molecule has 0 spiro atoms. The van der Waals surface area contributed by atoms with Crippen molar-refractivity contribution in [3.05, 3.63) is 0 Å². The van der Waals surface area contributed by atoms with Crippen molar-refractivity contribution in [3.63, 3.8) is 0 Å². The van der Waals surface area contributed by atoms with Crippen molar-refractivity contribution in [1.29, 1.82) is 5.26 Å². The summed E-state index contributed by atoms with van der Waals surface area (Å²) in [5.41, 5.74) is -0.941. The van der Waals surface area contributed by atoms with E-state index in [2.05, 4.69) is 11.4 Å². The molecule has 1 aliphatic rings. The molecule has 1 N–H and O–H groups in total. The molecule has 0 bridgehead atoms. The number of carbonyl (C=O) groups excluding carboxylic acids is 1. The third kappa shape index (κ3) is 3.73. The molecule has 4 heteroatoms. The van der Waals surface area contributed by atoms with E-state index < -0.39 is 17.1 Å². The minimum Gasteiger partial charge on any atom is -0.444 e. The first-order valence-electron chi connectivity index (χ1n) is 5.65. The number of hydrogen-bond donors (Lipinski definition) is 1. The Morgan fingerprint density at radius 2 is 2.00 bits per heavy atom. The minimum atomic E-state index is -0.493. The van der Waals surface area contributed by atoms with Crippen molar-refractivity contribution >= 4 is 6.09 Å². The van der Waals surface area contributed by atoms with Gasteiger partial charge in [-0.3, -0.25) is 0 Å². The van der Waals surface area contributed by atoms with E-state index in [0.29, 0.717) is 12.5 Å². The Bertz CT molecular complexity index is 310. The summed E-state index contributed by atoms with van der Waals surface area (Å²) in [5.74, 6) is 0.424. The lowest BCUT2D eigenvalue weighted by Crippen LogP contribution is -2.39. The van der Waals surface area contributed by atoms with Crippen LogP contribution < -0.4 is 5.32 Å². The zero-order chi connectivity index (χ0) is 12.4. The Hall–Kier alpha value is -1.24. The molecule has 0 aliphatic heterocycles. The molecule has 0 saturated heterocycles. The molecule has 1 amide bonds. The van der Waals surface area contributed by atoms with Crippen LogP contribution in [-0.2, 0) is 4.74 Å². The molecule has 16 heavy (non-hydrogen) atoms. The van der Waals surface area contributed by atoms with E-state index in [-0.39, 0.29) is 0 Å². The summed E-state index contributed by atoms with van der Waals surface area (Å²) in [4.78, 5) is 11.4. The lowest BCUT2D eigenvalue weighted by Gasteiger charge is -2.24. The van der Waals surface area contributed by atoms with Gasteiger partial charge in [0.15, 0.2) is 0 Å². The molecular formula is C12H20N2O2. The smallest absolute Gasteiger partial charge is 0.407 e. The maximum atomic E-state index is 11.4. The number of nitriles is 1. The zero-order valence-electron chi connectivity index (χ0n) is 10.5. The largest absolute Gasteiger partial charge is 0.444 e. The van der Waals surface area contributed by atoms with Gasteiger partial charge in [-0.15, -0.1) is 0 Å². The van der Waals surface area contributed by atoms with E-state index in [1.54, 1.807) is 0 Å². The van der Waals surface area contributed by atoms with E-state index in [1.807, 2.05) is 27.7 Å². The third-order valence-corrected chi connectivity index (χ3v) is 2.73. The average Bonchev–Trinajstić information content (AvgIpc) is 2.94. The highest BCUT2D eigenvalue weighted by molar-refractivity contribution is 5.67. The Morgan fingerprint density at radius 1 is 1.44 bits per heavy atom. The normalized spacial score (nSPS) is 19.4. The maximum absolute atomic E-state index is 11.4. The van der Waals surface area contributed by atoms with E-state index in [9.17, 15) is 4.79 Å². The summed E-state index contributed by atoms with van der Waals surface area (Å²) < 4.78 is 5.12. The standard InChI is InChI=1S/C12H20N2O2/c1-11(2,3)16-10(15)14-8-12(4,7-13)9-5-6-9/h9H,5-6,8H2,1-4H3,(H,14,15). The summed E-state index contributed by atoms with van der Waals surface area (Å²) in [6.45, 7) is 7.70. The number of alkyl carbamates (subject to hydrolysis) is 1. The Labute approximate surface area is 97.0 Å². The summed E-state index contributed by atoms with van der Waals surface area (Å²) in [5, 5.41) is 11.8. The number of ether oxygens (including phenoxy) is 1. The molecule has 1 fully saturated rings. The quantitative estimate of drug-likeness (QED) is 0.801. The van der Waals surface area contributed by atoms with Gasteiger partial charge in [-0.25, -0.2) is 4.79 Å². The molecular weight excluding hydrogens is 204 g/mol. The average molecular weight is 224 g/mol. The van der Waals surface area contributed by atoms with Gasteiger partial charge in [0.25, 0.3) is 0 Å². The van der Waals surface area contributed by atoms with Crippen LogP contribution in [0, 0.1) is 22.7 Å². The van der Waals surface area contributed by atoms with Crippen molar-refractivity contribution < 1.29 is 9.53 Å². The summed E-state index contributed by atoms with van der Waals surface area (Å²) in [6.07, 6.45) is 1.72. The number of carbonyl (C=O) groups is 1. The van der Waals surface area contributed by atoms with Crippen LogP contribution in [0.4, 0.5) is 4.79 Å². The van der Waals surface area contributed by atoms with E-state index in [1.165, 1.54) is 0 Å². The van der Waals surface area contributed by atoms with E-state index in [0.717, 1.165) is 12.8 Å². The minimum absolute atomic E-state index is 0.364. The van der Waals surface area contributed by atoms with E-state index in [4.69, 9.17) is 10.00 Å². The van der Waals surface area contributed by atoms with Crippen molar-refractivity contribution in [3.8, 4) is 6.07 Å². The second-order valence-corrected chi connectivity index (χ2v) is 5.66. The molecule has 90 valence electrons. The first-order valence-corrected chi connectivity index (χ1v) is 5.65. The molecule has 1 saturated carbocycles. The van der Waals surface area contributed by atoms with Crippen molar-refractivity contribution in [2.45, 2.75) is 46.1 Å². The maximum Gasteiger partial charge on any atom is 0.407 e. The van der Waals surface area contributed by atoms with Crippen LogP contribution in [0.2, 0.25) is 0 Å². The van der Waals surface area contributed by atoms with Crippen LogP contribution >= 0.6 is 0 Å². The predicted octanol–water partition coefficient (Wildman–Crippen LogP) is 2.45. The molecule has 1 atom stereocenters. The van der Waals surface area contributed by atoms with Crippen LogP contribution in [0.25, 0.3) is 0 Å². The van der Waals surface area contributed by atoms with Gasteiger partial charge in [0.1, 0.15) is 5.60 Å². The lowest BCUT2D eigenvalue weighted by atomic mass is 9.87. The fourth-order valence-corrected chi connectivity index (χ4v) is 1.57. The molecule has 0 aromatic heterocycles. The second kappa shape index (κ2) is 4.32. The Kier molecular flexibility index (Phi) is 3.47. The fraction of sp³-hybridized carbons (Fsp3) is 0.833. The first kappa shape index (κ1) is 12.8.